The number of nitrogens with one attached hydrogen (secondary N) is 2. The van der Waals surface area contributed by atoms with Crippen molar-refractivity contribution in [3.8, 4) is 11.5 Å². The van der Waals surface area contributed by atoms with Gasteiger partial charge in [0.15, 0.2) is 17.5 Å². The lowest BCUT2D eigenvalue weighted by Crippen LogP contribution is -2.44. The third-order valence-corrected chi connectivity index (χ3v) is 5.30. The van der Waals surface area contributed by atoms with E-state index in [0.29, 0.717) is 6.54 Å². The zero-order chi connectivity index (χ0) is 20.5. The van der Waals surface area contributed by atoms with Crippen molar-refractivity contribution in [1.82, 2.24) is 15.5 Å². The van der Waals surface area contributed by atoms with Crippen LogP contribution in [-0.4, -0.2) is 51.8 Å². The van der Waals surface area contributed by atoms with Crippen LogP contribution >= 0.6 is 0 Å². The number of hydrogen-bond donors (Lipinski definition) is 2. The average molecular weight is 401 g/mol. The number of aliphatic imine (C=N–C) groups is 1. The van der Waals surface area contributed by atoms with Gasteiger partial charge in [0, 0.05) is 20.1 Å². The third kappa shape index (κ3) is 5.67. The van der Waals surface area contributed by atoms with Crippen LogP contribution in [0.25, 0.3) is 0 Å². The lowest BCUT2D eigenvalue weighted by molar-refractivity contribution is 0.146. The Balaban J connectivity index is 1.58. The van der Waals surface area contributed by atoms with E-state index in [0.717, 1.165) is 48.4 Å². The van der Waals surface area contributed by atoms with E-state index in [4.69, 9.17) is 13.9 Å². The van der Waals surface area contributed by atoms with Crippen molar-refractivity contribution >= 4 is 5.96 Å². The highest BCUT2D eigenvalue weighted by atomic mass is 16.5. The number of rotatable bonds is 8. The highest BCUT2D eigenvalue weighted by Crippen LogP contribution is 2.27. The molecule has 7 heteroatoms. The fourth-order valence-corrected chi connectivity index (χ4v) is 3.71. The van der Waals surface area contributed by atoms with Gasteiger partial charge in [-0.2, -0.15) is 0 Å². The first kappa shape index (κ1) is 21.0. The molecule has 2 aromatic rings. The Morgan fingerprint density at radius 3 is 2.55 bits per heavy atom. The van der Waals surface area contributed by atoms with E-state index in [2.05, 4.69) is 26.6 Å². The van der Waals surface area contributed by atoms with Gasteiger partial charge in [-0.15, -0.1) is 0 Å². The van der Waals surface area contributed by atoms with E-state index < -0.39 is 0 Å². The first-order valence-electron chi connectivity index (χ1n) is 10.2. The van der Waals surface area contributed by atoms with Crippen molar-refractivity contribution in [2.24, 2.45) is 4.99 Å². The largest absolute Gasteiger partial charge is 0.493 e. The average Bonchev–Trinajstić information content (AvgIpc) is 3.31. The van der Waals surface area contributed by atoms with Crippen LogP contribution in [0.2, 0.25) is 0 Å². The van der Waals surface area contributed by atoms with Crippen molar-refractivity contribution in [3.05, 3.63) is 47.9 Å². The Hall–Kier alpha value is -2.67. The summed E-state index contributed by atoms with van der Waals surface area (Å²) >= 11 is 0. The summed E-state index contributed by atoms with van der Waals surface area (Å²) in [5, 5.41) is 6.83. The van der Waals surface area contributed by atoms with Gasteiger partial charge < -0.3 is 24.5 Å². The maximum absolute atomic E-state index is 5.72. The SMILES string of the molecule is CN=C(NCc1ccc(OC)c(OC)c1)NCC(c1ccco1)N1CCCCC1. The summed E-state index contributed by atoms with van der Waals surface area (Å²) in [7, 11) is 5.07. The number of benzene rings is 1. The van der Waals surface area contributed by atoms with Crippen LogP contribution in [-0.2, 0) is 6.54 Å². The summed E-state index contributed by atoms with van der Waals surface area (Å²) < 4.78 is 16.4. The molecule has 1 aromatic carbocycles. The molecule has 7 nitrogen and oxygen atoms in total. The molecule has 2 heterocycles. The molecule has 0 aliphatic carbocycles. The van der Waals surface area contributed by atoms with Crippen LogP contribution in [0.4, 0.5) is 0 Å². The zero-order valence-electron chi connectivity index (χ0n) is 17.6. The second-order valence-corrected chi connectivity index (χ2v) is 7.12. The molecule has 1 aliphatic heterocycles. The van der Waals surface area contributed by atoms with E-state index in [1.54, 1.807) is 27.5 Å². The Morgan fingerprint density at radius 2 is 1.90 bits per heavy atom. The molecule has 3 rings (SSSR count). The van der Waals surface area contributed by atoms with Gasteiger partial charge >= 0.3 is 0 Å². The lowest BCUT2D eigenvalue weighted by atomic mass is 10.1. The number of ether oxygens (including phenoxy) is 2. The quantitative estimate of drug-likeness (QED) is 0.524. The highest BCUT2D eigenvalue weighted by molar-refractivity contribution is 5.79. The monoisotopic (exact) mass is 400 g/mol. The maximum atomic E-state index is 5.72. The highest BCUT2D eigenvalue weighted by Gasteiger charge is 2.24. The molecule has 1 fully saturated rings. The summed E-state index contributed by atoms with van der Waals surface area (Å²) in [6, 6.07) is 10.1. The predicted octanol–water partition coefficient (Wildman–Crippen LogP) is 3.19. The van der Waals surface area contributed by atoms with Crippen molar-refractivity contribution in [2.75, 3.05) is 40.9 Å². The third-order valence-electron chi connectivity index (χ3n) is 5.30. The maximum Gasteiger partial charge on any atom is 0.191 e. The molecule has 0 saturated carbocycles. The number of nitrogens with zero attached hydrogens (tertiary/aromatic N) is 2. The fraction of sp³-hybridized carbons (Fsp3) is 0.500. The molecule has 1 saturated heterocycles. The van der Waals surface area contributed by atoms with Gasteiger partial charge in [0.05, 0.1) is 26.5 Å². The van der Waals surface area contributed by atoms with E-state index in [9.17, 15) is 0 Å². The lowest BCUT2D eigenvalue weighted by Gasteiger charge is -2.33. The summed E-state index contributed by atoms with van der Waals surface area (Å²) in [6.45, 7) is 3.57. The molecular weight excluding hydrogens is 368 g/mol. The summed E-state index contributed by atoms with van der Waals surface area (Å²) in [5.41, 5.74) is 1.09. The number of piperidine rings is 1. The summed E-state index contributed by atoms with van der Waals surface area (Å²) in [4.78, 5) is 6.86. The first-order chi connectivity index (χ1) is 14.2. The number of furan rings is 1. The van der Waals surface area contributed by atoms with Gasteiger partial charge in [0.25, 0.3) is 0 Å². The minimum atomic E-state index is 0.199. The predicted molar refractivity (Wildman–Crippen MR) is 115 cm³/mol. The number of likely N-dealkylation sites (tertiary alicyclic amines) is 1. The topological polar surface area (TPSA) is 71.3 Å². The van der Waals surface area contributed by atoms with Gasteiger partial charge in [0.1, 0.15) is 5.76 Å². The first-order valence-corrected chi connectivity index (χ1v) is 10.2. The van der Waals surface area contributed by atoms with Crippen LogP contribution < -0.4 is 20.1 Å². The minimum absolute atomic E-state index is 0.199. The Morgan fingerprint density at radius 1 is 1.10 bits per heavy atom. The Labute approximate surface area is 173 Å². The Bertz CT molecular complexity index is 770. The number of hydrogen-bond acceptors (Lipinski definition) is 5. The molecule has 1 atom stereocenters. The molecular formula is C22H32N4O3. The van der Waals surface area contributed by atoms with Gasteiger partial charge in [-0.25, -0.2) is 0 Å². The molecule has 29 heavy (non-hydrogen) atoms. The number of methoxy groups -OCH3 is 2. The van der Waals surface area contributed by atoms with Gasteiger partial charge in [-0.05, 0) is 55.8 Å². The van der Waals surface area contributed by atoms with Crippen molar-refractivity contribution in [2.45, 2.75) is 31.8 Å². The van der Waals surface area contributed by atoms with Crippen molar-refractivity contribution in [1.29, 1.82) is 0 Å². The second kappa shape index (κ2) is 10.8. The minimum Gasteiger partial charge on any atom is -0.493 e. The molecule has 1 aromatic heterocycles. The fourth-order valence-electron chi connectivity index (χ4n) is 3.71. The zero-order valence-corrected chi connectivity index (χ0v) is 17.6. The van der Waals surface area contributed by atoms with E-state index >= 15 is 0 Å². The normalized spacial score (nSPS) is 16.3. The molecule has 1 unspecified atom stereocenters. The van der Waals surface area contributed by atoms with E-state index in [1.165, 1.54) is 19.3 Å². The van der Waals surface area contributed by atoms with Gasteiger partial charge in [-0.3, -0.25) is 9.89 Å². The van der Waals surface area contributed by atoms with Crippen LogP contribution in [0.5, 0.6) is 11.5 Å². The second-order valence-electron chi connectivity index (χ2n) is 7.12. The molecule has 0 amide bonds. The van der Waals surface area contributed by atoms with E-state index in [1.807, 2.05) is 24.3 Å². The van der Waals surface area contributed by atoms with Crippen molar-refractivity contribution in [3.63, 3.8) is 0 Å². The molecule has 1 aliphatic rings. The van der Waals surface area contributed by atoms with E-state index in [-0.39, 0.29) is 6.04 Å². The van der Waals surface area contributed by atoms with Gasteiger partial charge in [-0.1, -0.05) is 12.5 Å². The van der Waals surface area contributed by atoms with Crippen LogP contribution in [0.3, 0.4) is 0 Å². The summed E-state index contributed by atoms with van der Waals surface area (Å²) in [5.74, 6) is 3.20. The molecule has 2 N–H and O–H groups in total. The van der Waals surface area contributed by atoms with Crippen molar-refractivity contribution < 1.29 is 13.9 Å². The molecule has 158 valence electrons. The molecule has 0 radical (unpaired) electrons. The number of guanidine groups is 1. The van der Waals surface area contributed by atoms with Crippen LogP contribution in [0.15, 0.2) is 46.0 Å². The summed E-state index contributed by atoms with van der Waals surface area (Å²) in [6.07, 6.45) is 5.53. The smallest absolute Gasteiger partial charge is 0.191 e. The van der Waals surface area contributed by atoms with Crippen LogP contribution in [0, 0.1) is 0 Å². The van der Waals surface area contributed by atoms with Crippen LogP contribution in [0.1, 0.15) is 36.6 Å². The standard InChI is InChI=1S/C22H32N4O3/c1-23-22(24-15-17-9-10-20(27-2)21(14-17)28-3)25-16-18(19-8-7-13-29-19)26-11-5-4-6-12-26/h7-10,13-14,18H,4-6,11-12,15-16H2,1-3H3,(H2,23,24,25). The Kier molecular flexibility index (Phi) is 7.81. The molecule has 0 spiro atoms. The van der Waals surface area contributed by atoms with Gasteiger partial charge in [0.2, 0.25) is 0 Å². The molecule has 0 bridgehead atoms.